The molecule has 0 aromatic heterocycles. The molecule has 0 amide bonds. The molecule has 1 rings (SSSR count). The summed E-state index contributed by atoms with van der Waals surface area (Å²) in [6.07, 6.45) is 28.6. The van der Waals surface area contributed by atoms with Crippen LogP contribution in [0.5, 0.6) is 0 Å². The zero-order valence-electron chi connectivity index (χ0n) is 33.3. The zero-order valence-corrected chi connectivity index (χ0v) is 33.3. The number of ether oxygens (including phenoxy) is 3. The number of aliphatic hydroxyl groups excluding tert-OH is 4. The maximum atomic E-state index is 12.1. The number of rotatable bonds is 33. The van der Waals surface area contributed by atoms with Crippen LogP contribution in [0.2, 0.25) is 0 Å². The molecule has 0 spiro atoms. The molecule has 1 unspecified atom stereocenters. The van der Waals surface area contributed by atoms with E-state index < -0.39 is 36.7 Å². The Labute approximate surface area is 317 Å². The van der Waals surface area contributed by atoms with Gasteiger partial charge in [0, 0.05) is 25.2 Å². The molecular formula is C43H78O9. The zero-order chi connectivity index (χ0) is 38.2. The summed E-state index contributed by atoms with van der Waals surface area (Å²) in [5.74, 6) is -0.168. The molecule has 0 aromatic carbocycles. The predicted molar refractivity (Wildman–Crippen MR) is 209 cm³/mol. The van der Waals surface area contributed by atoms with E-state index in [9.17, 15) is 30.0 Å². The smallest absolute Gasteiger partial charge is 0.305 e. The molecule has 1 saturated heterocycles. The minimum atomic E-state index is -1.05. The van der Waals surface area contributed by atoms with Crippen molar-refractivity contribution in [2.24, 2.45) is 11.8 Å². The van der Waals surface area contributed by atoms with Gasteiger partial charge >= 0.3 is 11.9 Å². The van der Waals surface area contributed by atoms with E-state index in [1.54, 1.807) is 12.2 Å². The summed E-state index contributed by atoms with van der Waals surface area (Å²) in [5, 5.41) is 40.8. The van der Waals surface area contributed by atoms with Crippen LogP contribution in [0.15, 0.2) is 24.3 Å². The number of carbonyl (C=O) groups excluding carboxylic acids is 2. The summed E-state index contributed by atoms with van der Waals surface area (Å²) >= 11 is 0. The van der Waals surface area contributed by atoms with E-state index in [0.717, 1.165) is 44.4 Å². The number of carbonyl (C=O) groups is 2. The molecule has 9 nitrogen and oxygen atoms in total. The molecule has 0 saturated carbocycles. The molecule has 4 N–H and O–H groups in total. The lowest BCUT2D eigenvalue weighted by Gasteiger charge is -2.36. The van der Waals surface area contributed by atoms with E-state index in [-0.39, 0.29) is 37.9 Å². The summed E-state index contributed by atoms with van der Waals surface area (Å²) in [5.41, 5.74) is 0. The van der Waals surface area contributed by atoms with Gasteiger partial charge in [0.25, 0.3) is 0 Å². The van der Waals surface area contributed by atoms with E-state index in [4.69, 9.17) is 14.2 Å². The van der Waals surface area contributed by atoms with Gasteiger partial charge in [0.1, 0.15) is 19.3 Å². The molecule has 1 aliphatic rings. The maximum Gasteiger partial charge on any atom is 0.305 e. The standard InChI is InChI=1S/C43H78O9/c1-4-5-20-26-36(44)30-31-40-38(39(46)32-43(49)52-40)27-22-18-19-24-29-42(48)51-34-37(45)33-50-41(47)28-23-17-15-13-11-9-7-6-8-10-12-14-16-21-25-35(2)3/h18,22,30-31,35-40,43-46,49H,4-17,19-21,23-29,32-34H2,1-3H3/b22-18-,31-30+/t36-,37+,38-,39-,40+,43?/m0/s1. The van der Waals surface area contributed by atoms with E-state index in [2.05, 4.69) is 20.8 Å². The van der Waals surface area contributed by atoms with Crippen LogP contribution >= 0.6 is 0 Å². The van der Waals surface area contributed by atoms with Gasteiger partial charge < -0.3 is 34.6 Å². The summed E-state index contributed by atoms with van der Waals surface area (Å²) < 4.78 is 16.0. The van der Waals surface area contributed by atoms with Crippen molar-refractivity contribution in [1.29, 1.82) is 0 Å². The third-order valence-electron chi connectivity index (χ3n) is 9.91. The lowest BCUT2D eigenvalue weighted by molar-refractivity contribution is -0.199. The average molecular weight is 739 g/mol. The van der Waals surface area contributed by atoms with Crippen molar-refractivity contribution in [2.75, 3.05) is 13.2 Å². The molecule has 9 heteroatoms. The van der Waals surface area contributed by atoms with Gasteiger partial charge in [0.15, 0.2) is 6.29 Å². The average Bonchev–Trinajstić information content (AvgIpc) is 3.10. The highest BCUT2D eigenvalue weighted by Crippen LogP contribution is 2.29. The second kappa shape index (κ2) is 32.6. The molecule has 1 aliphatic heterocycles. The van der Waals surface area contributed by atoms with Crippen molar-refractivity contribution >= 4 is 11.9 Å². The SMILES string of the molecule is CCCCC[C@H](O)/C=C/[C@H]1OC(O)C[C@H](O)[C@@H]1C/C=C\CCCC(=O)OC[C@H](O)COC(=O)CCCCCCCCCCCCCCCCC(C)C. The Hall–Kier alpha value is -1.78. The molecule has 0 aromatic rings. The van der Waals surface area contributed by atoms with Gasteiger partial charge in [-0.2, -0.15) is 0 Å². The maximum absolute atomic E-state index is 12.1. The Bertz CT molecular complexity index is 920. The first-order valence-corrected chi connectivity index (χ1v) is 21.1. The third-order valence-corrected chi connectivity index (χ3v) is 9.91. The molecule has 304 valence electrons. The lowest BCUT2D eigenvalue weighted by Crippen LogP contribution is -2.43. The number of allylic oxidation sites excluding steroid dienone is 2. The van der Waals surface area contributed by atoms with Crippen molar-refractivity contribution < 1.29 is 44.2 Å². The van der Waals surface area contributed by atoms with Crippen molar-refractivity contribution in [1.82, 2.24) is 0 Å². The van der Waals surface area contributed by atoms with Crippen LogP contribution in [0.4, 0.5) is 0 Å². The van der Waals surface area contributed by atoms with E-state index in [0.29, 0.717) is 32.1 Å². The van der Waals surface area contributed by atoms with Crippen LogP contribution in [-0.4, -0.2) is 76.3 Å². The van der Waals surface area contributed by atoms with Gasteiger partial charge in [0.2, 0.25) is 0 Å². The van der Waals surface area contributed by atoms with Crippen LogP contribution < -0.4 is 0 Å². The van der Waals surface area contributed by atoms with E-state index >= 15 is 0 Å². The van der Waals surface area contributed by atoms with Gasteiger partial charge in [0.05, 0.1) is 18.3 Å². The molecule has 0 aliphatic carbocycles. The van der Waals surface area contributed by atoms with Gasteiger partial charge in [-0.25, -0.2) is 0 Å². The van der Waals surface area contributed by atoms with Crippen molar-refractivity contribution in [3.63, 3.8) is 0 Å². The second-order valence-corrected chi connectivity index (χ2v) is 15.5. The fraction of sp³-hybridized carbons (Fsp3) is 0.860. The van der Waals surface area contributed by atoms with Crippen LogP contribution in [-0.2, 0) is 23.8 Å². The molecule has 6 atom stereocenters. The fourth-order valence-corrected chi connectivity index (χ4v) is 6.60. The van der Waals surface area contributed by atoms with Gasteiger partial charge in [-0.3, -0.25) is 9.59 Å². The molecule has 1 fully saturated rings. The Morgan fingerprint density at radius 3 is 1.79 bits per heavy atom. The minimum Gasteiger partial charge on any atom is -0.463 e. The van der Waals surface area contributed by atoms with Crippen molar-refractivity contribution in [2.45, 2.75) is 212 Å². The van der Waals surface area contributed by atoms with Gasteiger partial charge in [-0.05, 0) is 38.0 Å². The number of hydrogen-bond donors (Lipinski definition) is 4. The number of aliphatic hydroxyl groups is 4. The van der Waals surface area contributed by atoms with Crippen LogP contribution in [0, 0.1) is 11.8 Å². The third kappa shape index (κ3) is 27.8. The topological polar surface area (TPSA) is 143 Å². The van der Waals surface area contributed by atoms with Crippen LogP contribution in [0.1, 0.15) is 181 Å². The number of esters is 2. The van der Waals surface area contributed by atoms with Crippen LogP contribution in [0.25, 0.3) is 0 Å². The first-order chi connectivity index (χ1) is 25.1. The van der Waals surface area contributed by atoms with Gasteiger partial charge in [-0.15, -0.1) is 0 Å². The van der Waals surface area contributed by atoms with Crippen molar-refractivity contribution in [3.8, 4) is 0 Å². The summed E-state index contributed by atoms with van der Waals surface area (Å²) in [4.78, 5) is 24.1. The summed E-state index contributed by atoms with van der Waals surface area (Å²) in [7, 11) is 0. The lowest BCUT2D eigenvalue weighted by atomic mass is 9.87. The molecule has 0 radical (unpaired) electrons. The number of hydrogen-bond acceptors (Lipinski definition) is 9. The summed E-state index contributed by atoms with van der Waals surface area (Å²) in [6, 6.07) is 0. The highest BCUT2D eigenvalue weighted by Gasteiger charge is 2.35. The van der Waals surface area contributed by atoms with Crippen molar-refractivity contribution in [3.05, 3.63) is 24.3 Å². The van der Waals surface area contributed by atoms with E-state index in [1.165, 1.54) is 77.0 Å². The quantitative estimate of drug-likeness (QED) is 0.0295. The molecule has 0 bridgehead atoms. The van der Waals surface area contributed by atoms with E-state index in [1.807, 2.05) is 12.2 Å². The highest BCUT2D eigenvalue weighted by atomic mass is 16.6. The number of unbranched alkanes of at least 4 members (excludes halogenated alkanes) is 16. The first-order valence-electron chi connectivity index (χ1n) is 21.1. The molecule has 1 heterocycles. The Morgan fingerprint density at radius 1 is 0.712 bits per heavy atom. The Balaban J connectivity index is 2.04. The van der Waals surface area contributed by atoms with Gasteiger partial charge in [-0.1, -0.05) is 154 Å². The summed E-state index contributed by atoms with van der Waals surface area (Å²) in [6.45, 7) is 6.32. The monoisotopic (exact) mass is 739 g/mol. The molecule has 52 heavy (non-hydrogen) atoms. The second-order valence-electron chi connectivity index (χ2n) is 15.5. The predicted octanol–water partition coefficient (Wildman–Crippen LogP) is 9.03. The van der Waals surface area contributed by atoms with Crippen LogP contribution in [0.3, 0.4) is 0 Å². The molecular weight excluding hydrogens is 660 g/mol. The highest BCUT2D eigenvalue weighted by molar-refractivity contribution is 5.69. The minimum absolute atomic E-state index is 0.137. The first kappa shape index (κ1) is 48.2. The fourth-order valence-electron chi connectivity index (χ4n) is 6.60. The largest absolute Gasteiger partial charge is 0.463 e. The Kier molecular flexibility index (Phi) is 30.3. The Morgan fingerprint density at radius 2 is 1.23 bits per heavy atom. The normalized spacial score (nSPS) is 20.5.